The number of benzene rings is 1. The second-order valence-electron chi connectivity index (χ2n) is 5.20. The number of halogens is 1. The highest BCUT2D eigenvalue weighted by molar-refractivity contribution is 5.85. The Kier molecular flexibility index (Phi) is 4.73. The molecule has 1 aromatic carbocycles. The van der Waals surface area contributed by atoms with Crippen LogP contribution in [0.3, 0.4) is 0 Å². The Hall–Kier alpha value is -1.46. The van der Waals surface area contributed by atoms with Crippen LogP contribution in [0.15, 0.2) is 24.3 Å². The quantitative estimate of drug-likeness (QED) is 0.805. The van der Waals surface area contributed by atoms with Gasteiger partial charge in [-0.05, 0) is 37.1 Å². The van der Waals surface area contributed by atoms with Gasteiger partial charge in [0.2, 0.25) is 0 Å². The van der Waals surface area contributed by atoms with E-state index in [1.807, 2.05) is 4.90 Å². The number of hydrogen-bond donors (Lipinski definition) is 1. The Bertz CT molecular complexity index is 458. The van der Waals surface area contributed by atoms with Crippen molar-refractivity contribution in [3.8, 4) is 5.75 Å². The molecule has 3 aliphatic rings. The molecule has 0 atom stereocenters. The number of fused-ring (bicyclic) bond motifs is 4. The second-order valence-corrected chi connectivity index (χ2v) is 5.20. The zero-order valence-electron chi connectivity index (χ0n) is 11.3. The van der Waals surface area contributed by atoms with Crippen molar-refractivity contribution in [3.05, 3.63) is 24.3 Å². The Morgan fingerprint density at radius 2 is 1.75 bits per heavy atom. The fourth-order valence-electron chi connectivity index (χ4n) is 2.82. The minimum Gasteiger partial charge on any atom is -0.410 e. The number of ether oxygens (including phenoxy) is 1. The molecule has 5 nitrogen and oxygen atoms in total. The maximum absolute atomic E-state index is 12.2. The van der Waals surface area contributed by atoms with Crippen molar-refractivity contribution < 1.29 is 9.53 Å². The number of amides is 1. The minimum absolute atomic E-state index is 0. The second kappa shape index (κ2) is 6.33. The maximum atomic E-state index is 12.2. The normalized spacial score (nSPS) is 24.7. The third-order valence-electron chi connectivity index (χ3n) is 3.97. The molecule has 2 bridgehead atoms. The molecule has 20 heavy (non-hydrogen) atoms. The van der Waals surface area contributed by atoms with E-state index in [2.05, 4.69) is 4.90 Å². The monoisotopic (exact) mass is 297 g/mol. The first-order valence-corrected chi connectivity index (χ1v) is 6.79. The Labute approximate surface area is 125 Å². The number of nitrogen functional groups attached to an aromatic ring is 1. The van der Waals surface area contributed by atoms with Gasteiger partial charge in [0.15, 0.2) is 0 Å². The van der Waals surface area contributed by atoms with E-state index in [1.54, 1.807) is 24.3 Å². The summed E-state index contributed by atoms with van der Waals surface area (Å²) in [6, 6.07) is 7.27. The molecule has 0 spiro atoms. The van der Waals surface area contributed by atoms with E-state index in [0.29, 0.717) is 17.5 Å². The van der Waals surface area contributed by atoms with Crippen molar-refractivity contribution in [2.75, 3.05) is 31.9 Å². The number of rotatable bonds is 1. The summed E-state index contributed by atoms with van der Waals surface area (Å²) in [5, 5.41) is 0. The molecule has 4 rings (SSSR count). The van der Waals surface area contributed by atoms with E-state index in [-0.39, 0.29) is 18.5 Å². The van der Waals surface area contributed by atoms with Crippen LogP contribution >= 0.6 is 12.4 Å². The lowest BCUT2D eigenvalue weighted by atomic mass is 10.1. The molecule has 6 heteroatoms. The summed E-state index contributed by atoms with van der Waals surface area (Å²) in [5.74, 6) is 0.554. The zero-order valence-corrected chi connectivity index (χ0v) is 12.1. The molecule has 0 aliphatic carbocycles. The summed E-state index contributed by atoms with van der Waals surface area (Å²) in [6.07, 6.45) is 1.87. The Balaban J connectivity index is 0.00000147. The molecule has 0 aromatic heterocycles. The SMILES string of the molecule is Cl.Nc1ccc(OC(=O)N2CCN3CCC2CC3)cc1. The predicted octanol–water partition coefficient (Wildman–Crippen LogP) is 1.97. The van der Waals surface area contributed by atoms with Crippen molar-refractivity contribution in [1.82, 2.24) is 9.80 Å². The number of hydrogen-bond acceptors (Lipinski definition) is 4. The van der Waals surface area contributed by atoms with Gasteiger partial charge < -0.3 is 20.3 Å². The van der Waals surface area contributed by atoms with Gasteiger partial charge in [-0.25, -0.2) is 4.79 Å². The number of piperidine rings is 1. The van der Waals surface area contributed by atoms with Crippen LogP contribution in [0.5, 0.6) is 5.75 Å². The highest BCUT2D eigenvalue weighted by Crippen LogP contribution is 2.22. The molecular formula is C14H20ClN3O2. The molecule has 0 unspecified atom stereocenters. The van der Waals surface area contributed by atoms with Gasteiger partial charge in [0.25, 0.3) is 0 Å². The summed E-state index contributed by atoms with van der Waals surface area (Å²) in [6.45, 7) is 3.90. The van der Waals surface area contributed by atoms with Crippen LogP contribution in [0.25, 0.3) is 0 Å². The minimum atomic E-state index is -0.237. The molecule has 3 heterocycles. The van der Waals surface area contributed by atoms with E-state index in [9.17, 15) is 4.79 Å². The first-order chi connectivity index (χ1) is 9.22. The van der Waals surface area contributed by atoms with Crippen molar-refractivity contribution in [2.45, 2.75) is 18.9 Å². The van der Waals surface area contributed by atoms with E-state index in [0.717, 1.165) is 39.0 Å². The number of nitrogens with zero attached hydrogens (tertiary/aromatic N) is 2. The molecule has 1 aromatic rings. The van der Waals surface area contributed by atoms with Gasteiger partial charge in [-0.3, -0.25) is 0 Å². The van der Waals surface area contributed by atoms with Crippen molar-refractivity contribution >= 4 is 24.2 Å². The Morgan fingerprint density at radius 3 is 2.40 bits per heavy atom. The molecule has 3 saturated heterocycles. The van der Waals surface area contributed by atoms with E-state index in [1.165, 1.54) is 0 Å². The van der Waals surface area contributed by atoms with Crippen LogP contribution in [0.2, 0.25) is 0 Å². The smallest absolute Gasteiger partial charge is 0.410 e. The number of carbonyl (C=O) groups is 1. The number of anilines is 1. The molecule has 110 valence electrons. The lowest BCUT2D eigenvalue weighted by Crippen LogP contribution is -2.43. The van der Waals surface area contributed by atoms with Crippen LogP contribution < -0.4 is 10.5 Å². The Morgan fingerprint density at radius 1 is 1.10 bits per heavy atom. The maximum Gasteiger partial charge on any atom is 0.415 e. The van der Waals surface area contributed by atoms with Gasteiger partial charge in [-0.15, -0.1) is 12.4 Å². The first-order valence-electron chi connectivity index (χ1n) is 6.79. The molecule has 3 aliphatic heterocycles. The summed E-state index contributed by atoms with van der Waals surface area (Å²) in [5.41, 5.74) is 6.28. The van der Waals surface area contributed by atoms with Gasteiger partial charge in [-0.2, -0.15) is 0 Å². The van der Waals surface area contributed by atoms with Crippen LogP contribution in [-0.2, 0) is 0 Å². The number of nitrogens with two attached hydrogens (primary N) is 1. The van der Waals surface area contributed by atoms with Crippen LogP contribution in [0.4, 0.5) is 10.5 Å². The molecule has 1 amide bonds. The predicted molar refractivity (Wildman–Crippen MR) is 80.3 cm³/mol. The third kappa shape index (κ3) is 3.16. The lowest BCUT2D eigenvalue weighted by Gasteiger charge is -2.30. The number of carbonyl (C=O) groups excluding carboxylic acids is 1. The molecular weight excluding hydrogens is 278 g/mol. The van der Waals surface area contributed by atoms with Gasteiger partial charge >= 0.3 is 6.09 Å². The zero-order chi connectivity index (χ0) is 13.2. The van der Waals surface area contributed by atoms with Gasteiger partial charge in [-0.1, -0.05) is 0 Å². The molecule has 3 fully saturated rings. The van der Waals surface area contributed by atoms with Gasteiger partial charge in [0.05, 0.1) is 0 Å². The van der Waals surface area contributed by atoms with Crippen LogP contribution in [0.1, 0.15) is 12.8 Å². The largest absolute Gasteiger partial charge is 0.415 e. The highest BCUT2D eigenvalue weighted by atomic mass is 35.5. The first kappa shape index (κ1) is 14.9. The van der Waals surface area contributed by atoms with E-state index < -0.39 is 0 Å². The highest BCUT2D eigenvalue weighted by Gasteiger charge is 2.32. The summed E-state index contributed by atoms with van der Waals surface area (Å²) >= 11 is 0. The third-order valence-corrected chi connectivity index (χ3v) is 3.97. The van der Waals surface area contributed by atoms with Gasteiger partial charge in [0.1, 0.15) is 5.75 Å². The lowest BCUT2D eigenvalue weighted by molar-refractivity contribution is 0.131. The fraction of sp³-hybridized carbons (Fsp3) is 0.500. The summed E-state index contributed by atoms with van der Waals surface area (Å²) < 4.78 is 5.43. The topological polar surface area (TPSA) is 58.8 Å². The summed E-state index contributed by atoms with van der Waals surface area (Å²) in [7, 11) is 0. The molecule has 2 N–H and O–H groups in total. The standard InChI is InChI=1S/C14H19N3O2.ClH/c15-11-1-3-13(4-2-11)19-14(18)17-10-9-16-7-5-12(17)6-8-16;/h1-4,12H,5-10,15H2;1H. The van der Waals surface area contributed by atoms with E-state index in [4.69, 9.17) is 10.5 Å². The van der Waals surface area contributed by atoms with Crippen LogP contribution in [0, 0.1) is 0 Å². The van der Waals surface area contributed by atoms with E-state index >= 15 is 0 Å². The average molecular weight is 298 g/mol. The van der Waals surface area contributed by atoms with Crippen LogP contribution in [-0.4, -0.2) is 48.1 Å². The summed E-state index contributed by atoms with van der Waals surface area (Å²) in [4.78, 5) is 16.5. The van der Waals surface area contributed by atoms with Crippen molar-refractivity contribution in [2.24, 2.45) is 0 Å². The van der Waals surface area contributed by atoms with Crippen molar-refractivity contribution in [3.63, 3.8) is 0 Å². The molecule has 0 saturated carbocycles. The average Bonchev–Trinajstić information content (AvgIpc) is 2.75. The van der Waals surface area contributed by atoms with Crippen molar-refractivity contribution in [1.29, 1.82) is 0 Å². The fourth-order valence-corrected chi connectivity index (χ4v) is 2.82. The van der Waals surface area contributed by atoms with Gasteiger partial charge in [0, 0.05) is 37.9 Å². The molecule has 0 radical (unpaired) electrons.